The van der Waals surface area contributed by atoms with Gasteiger partial charge in [0.15, 0.2) is 11.5 Å². The maximum absolute atomic E-state index is 12.2. The van der Waals surface area contributed by atoms with E-state index in [1.54, 1.807) is 12.1 Å². The van der Waals surface area contributed by atoms with Crippen molar-refractivity contribution >= 4 is 21.8 Å². The van der Waals surface area contributed by atoms with Crippen molar-refractivity contribution in [1.29, 1.82) is 0 Å². The van der Waals surface area contributed by atoms with E-state index in [1.165, 1.54) is 0 Å². The Kier molecular flexibility index (Phi) is 4.04. The Morgan fingerprint density at radius 1 is 1.21 bits per heavy atom. The molecule has 2 rings (SSSR count). The molecule has 0 fully saturated rings. The molecule has 0 saturated heterocycles. The number of hydrogen-bond donors (Lipinski definition) is 1. The Balaban J connectivity index is 2.31. The summed E-state index contributed by atoms with van der Waals surface area (Å²) in [5.41, 5.74) is 0.278. The highest BCUT2D eigenvalue weighted by Gasteiger charge is 2.21. The van der Waals surface area contributed by atoms with Crippen molar-refractivity contribution in [2.75, 3.05) is 13.2 Å². The molecule has 4 nitrogen and oxygen atoms in total. The minimum absolute atomic E-state index is 0.130. The van der Waals surface area contributed by atoms with E-state index < -0.39 is 0 Å². The van der Waals surface area contributed by atoms with Gasteiger partial charge >= 0.3 is 0 Å². The molecular formula is C14H18BrNO3. The number of amides is 1. The molecule has 0 spiro atoms. The topological polar surface area (TPSA) is 47.6 Å². The van der Waals surface area contributed by atoms with Gasteiger partial charge in [0, 0.05) is 16.4 Å². The minimum Gasteiger partial charge on any atom is -0.490 e. The summed E-state index contributed by atoms with van der Waals surface area (Å²) >= 11 is 3.41. The predicted octanol–water partition coefficient (Wildman–Crippen LogP) is 3.14. The van der Waals surface area contributed by atoms with Gasteiger partial charge in [-0.25, -0.2) is 0 Å². The summed E-state index contributed by atoms with van der Waals surface area (Å²) in [7, 11) is 0. The zero-order valence-electron chi connectivity index (χ0n) is 11.4. The van der Waals surface area contributed by atoms with Gasteiger partial charge in [0.1, 0.15) is 0 Å². The summed E-state index contributed by atoms with van der Waals surface area (Å²) in [6, 6.07) is 3.52. The van der Waals surface area contributed by atoms with Crippen molar-refractivity contribution < 1.29 is 14.3 Å². The van der Waals surface area contributed by atoms with E-state index in [0.29, 0.717) is 34.7 Å². The lowest BCUT2D eigenvalue weighted by atomic mass is 10.1. The Morgan fingerprint density at radius 3 is 2.37 bits per heavy atom. The number of benzene rings is 1. The summed E-state index contributed by atoms with van der Waals surface area (Å²) in [4.78, 5) is 12.2. The zero-order chi connectivity index (χ0) is 14.0. The van der Waals surface area contributed by atoms with Crippen molar-refractivity contribution in [3.63, 3.8) is 0 Å². The van der Waals surface area contributed by atoms with Gasteiger partial charge in [0.05, 0.1) is 18.8 Å². The highest BCUT2D eigenvalue weighted by Crippen LogP contribution is 2.35. The summed E-state index contributed by atoms with van der Waals surface area (Å²) in [5, 5.41) is 2.93. The van der Waals surface area contributed by atoms with Crippen LogP contribution in [0.2, 0.25) is 0 Å². The molecule has 0 saturated carbocycles. The first-order valence-corrected chi connectivity index (χ1v) is 7.08. The first-order valence-electron chi connectivity index (χ1n) is 6.28. The van der Waals surface area contributed by atoms with Gasteiger partial charge < -0.3 is 14.8 Å². The van der Waals surface area contributed by atoms with Crippen molar-refractivity contribution in [3.05, 3.63) is 22.2 Å². The Bertz CT molecular complexity index is 494. The van der Waals surface area contributed by atoms with Gasteiger partial charge in [-0.3, -0.25) is 4.79 Å². The highest BCUT2D eigenvalue weighted by molar-refractivity contribution is 9.10. The van der Waals surface area contributed by atoms with Crippen molar-refractivity contribution in [1.82, 2.24) is 5.32 Å². The molecule has 0 aromatic heterocycles. The zero-order valence-corrected chi connectivity index (χ0v) is 13.0. The van der Waals surface area contributed by atoms with E-state index in [4.69, 9.17) is 9.47 Å². The summed E-state index contributed by atoms with van der Waals surface area (Å²) < 4.78 is 11.9. The molecule has 19 heavy (non-hydrogen) atoms. The first kappa shape index (κ1) is 14.2. The van der Waals surface area contributed by atoms with Gasteiger partial charge in [0.2, 0.25) is 0 Å². The van der Waals surface area contributed by atoms with Gasteiger partial charge in [-0.2, -0.15) is 0 Å². The number of fused-ring (bicyclic) bond motifs is 1. The quantitative estimate of drug-likeness (QED) is 0.862. The highest BCUT2D eigenvalue weighted by atomic mass is 79.9. The van der Waals surface area contributed by atoms with Crippen LogP contribution < -0.4 is 14.8 Å². The maximum atomic E-state index is 12.2. The summed E-state index contributed by atoms with van der Waals surface area (Å²) in [6.45, 7) is 7.08. The van der Waals surface area contributed by atoms with E-state index in [1.807, 2.05) is 20.8 Å². The minimum atomic E-state index is -0.277. The fourth-order valence-electron chi connectivity index (χ4n) is 1.77. The second-order valence-corrected chi connectivity index (χ2v) is 6.39. The summed E-state index contributed by atoms with van der Waals surface area (Å²) in [6.07, 6.45) is 0.843. The van der Waals surface area contributed by atoms with Crippen molar-refractivity contribution in [3.8, 4) is 11.5 Å². The van der Waals surface area contributed by atoms with Crippen LogP contribution in [0.5, 0.6) is 11.5 Å². The van der Waals surface area contributed by atoms with Gasteiger partial charge in [-0.1, -0.05) is 0 Å². The number of hydrogen-bond acceptors (Lipinski definition) is 3. The Labute approximate surface area is 121 Å². The lowest BCUT2D eigenvalue weighted by Gasteiger charge is -2.21. The van der Waals surface area contributed by atoms with Crippen molar-refractivity contribution in [2.24, 2.45) is 0 Å². The average molecular weight is 328 g/mol. The van der Waals surface area contributed by atoms with Gasteiger partial charge in [-0.05, 0) is 48.8 Å². The van der Waals surface area contributed by atoms with Crippen LogP contribution in [0.4, 0.5) is 0 Å². The number of halogens is 1. The van der Waals surface area contributed by atoms with Crippen LogP contribution in [-0.2, 0) is 0 Å². The number of rotatable bonds is 1. The van der Waals surface area contributed by atoms with E-state index in [9.17, 15) is 4.79 Å². The number of nitrogens with one attached hydrogen (secondary N) is 1. The van der Waals surface area contributed by atoms with Gasteiger partial charge in [-0.15, -0.1) is 0 Å². The molecule has 1 N–H and O–H groups in total. The molecule has 0 unspecified atom stereocenters. The van der Waals surface area contributed by atoms with Crippen LogP contribution in [0.15, 0.2) is 16.6 Å². The number of carbonyl (C=O) groups excluding carboxylic acids is 1. The van der Waals surface area contributed by atoms with Crippen LogP contribution in [0, 0.1) is 0 Å². The second kappa shape index (κ2) is 5.41. The number of ether oxygens (including phenoxy) is 2. The van der Waals surface area contributed by atoms with Crippen molar-refractivity contribution in [2.45, 2.75) is 32.7 Å². The monoisotopic (exact) mass is 327 g/mol. The van der Waals surface area contributed by atoms with Crippen LogP contribution in [0.25, 0.3) is 0 Å². The van der Waals surface area contributed by atoms with Crippen LogP contribution in [-0.4, -0.2) is 24.7 Å². The fourth-order valence-corrected chi connectivity index (χ4v) is 2.27. The smallest absolute Gasteiger partial charge is 0.252 e. The third kappa shape index (κ3) is 3.62. The molecule has 104 valence electrons. The molecule has 5 heteroatoms. The molecule has 0 atom stereocenters. The lowest BCUT2D eigenvalue weighted by molar-refractivity contribution is 0.0918. The SMILES string of the molecule is CC(C)(C)NC(=O)c1cc2c(cc1Br)OCCCO2. The molecule has 0 radical (unpaired) electrons. The molecule has 1 aliphatic rings. The molecule has 1 amide bonds. The average Bonchev–Trinajstić information content (AvgIpc) is 2.50. The summed E-state index contributed by atoms with van der Waals surface area (Å²) in [5.74, 6) is 1.17. The normalized spacial score (nSPS) is 14.7. The Hall–Kier alpha value is -1.23. The fraction of sp³-hybridized carbons (Fsp3) is 0.500. The first-order chi connectivity index (χ1) is 8.87. The molecule has 0 bridgehead atoms. The van der Waals surface area contributed by atoms with E-state index in [-0.39, 0.29) is 11.4 Å². The predicted molar refractivity (Wildman–Crippen MR) is 77.0 cm³/mol. The molecule has 1 aromatic carbocycles. The lowest BCUT2D eigenvalue weighted by Crippen LogP contribution is -2.40. The third-order valence-electron chi connectivity index (χ3n) is 2.57. The van der Waals surface area contributed by atoms with E-state index in [0.717, 1.165) is 6.42 Å². The van der Waals surface area contributed by atoms with Crippen LogP contribution >= 0.6 is 15.9 Å². The molecule has 1 aromatic rings. The van der Waals surface area contributed by atoms with Gasteiger partial charge in [0.25, 0.3) is 5.91 Å². The molecule has 0 aliphatic carbocycles. The van der Waals surface area contributed by atoms with E-state index in [2.05, 4.69) is 21.2 Å². The molecule has 1 heterocycles. The van der Waals surface area contributed by atoms with Crippen LogP contribution in [0.1, 0.15) is 37.6 Å². The Morgan fingerprint density at radius 2 is 1.79 bits per heavy atom. The van der Waals surface area contributed by atoms with Crippen LogP contribution in [0.3, 0.4) is 0 Å². The molecular weight excluding hydrogens is 310 g/mol. The largest absolute Gasteiger partial charge is 0.490 e. The molecule has 1 aliphatic heterocycles. The standard InChI is InChI=1S/C14H18BrNO3/c1-14(2,3)16-13(17)9-7-11-12(8-10(9)15)19-6-4-5-18-11/h7-8H,4-6H2,1-3H3,(H,16,17). The van der Waals surface area contributed by atoms with E-state index >= 15 is 0 Å². The second-order valence-electron chi connectivity index (χ2n) is 5.53. The third-order valence-corrected chi connectivity index (χ3v) is 3.23. The maximum Gasteiger partial charge on any atom is 0.252 e. The number of carbonyl (C=O) groups is 1.